The number of rotatable bonds is 0. The summed E-state index contributed by atoms with van der Waals surface area (Å²) in [6, 6.07) is 22.6. The van der Waals surface area contributed by atoms with Gasteiger partial charge in [0.05, 0.1) is 0 Å². The topological polar surface area (TPSA) is 40.5 Å². The first-order valence-electron chi connectivity index (χ1n) is 7.92. The predicted octanol–water partition coefficient (Wildman–Crippen LogP) is 5.70. The molecule has 0 aliphatic rings. The minimum atomic E-state index is 0.0880. The Bertz CT molecular complexity index is 645. The third kappa shape index (κ3) is 7.50. The second-order valence-corrected chi connectivity index (χ2v) is 5.69. The van der Waals surface area contributed by atoms with E-state index in [2.05, 4.69) is 76.2 Å². The quantitative estimate of drug-likeness (QED) is 0.557. The monoisotopic (exact) mass is 322 g/mol. The van der Waals surface area contributed by atoms with Crippen LogP contribution in [0.3, 0.4) is 0 Å². The molecular weight excluding hydrogens is 296 g/mol. The average Bonchev–Trinajstić information content (AvgIpc) is 2.54. The molecule has 0 saturated carbocycles. The molecule has 3 aromatic carbocycles. The molecule has 126 valence electrons. The van der Waals surface area contributed by atoms with Gasteiger partial charge in [-0.2, -0.15) is 0 Å². The van der Waals surface area contributed by atoms with Crippen LogP contribution >= 0.6 is 0 Å². The lowest BCUT2D eigenvalue weighted by atomic mass is 10.1. The Labute approximate surface area is 145 Å². The second-order valence-electron chi connectivity index (χ2n) is 5.69. The SMILES string of the molecule is Cc1ccccc1C.Cc1ccccc1C.Oc1cccc(O)c1. The molecule has 0 radical (unpaired) electrons. The summed E-state index contributed by atoms with van der Waals surface area (Å²) in [4.78, 5) is 0. The van der Waals surface area contributed by atoms with Crippen LogP contribution in [0.2, 0.25) is 0 Å². The maximum Gasteiger partial charge on any atom is 0.119 e. The third-order valence-electron chi connectivity index (χ3n) is 3.68. The van der Waals surface area contributed by atoms with Crippen molar-refractivity contribution in [3.05, 3.63) is 95.1 Å². The predicted molar refractivity (Wildman–Crippen MR) is 102 cm³/mol. The van der Waals surface area contributed by atoms with E-state index in [0.717, 1.165) is 0 Å². The summed E-state index contributed by atoms with van der Waals surface area (Å²) in [6.45, 7) is 8.48. The van der Waals surface area contributed by atoms with E-state index in [4.69, 9.17) is 10.2 Å². The van der Waals surface area contributed by atoms with Crippen molar-refractivity contribution < 1.29 is 10.2 Å². The smallest absolute Gasteiger partial charge is 0.119 e. The van der Waals surface area contributed by atoms with Gasteiger partial charge in [-0.05, 0) is 62.1 Å². The number of aryl methyl sites for hydroxylation is 4. The normalized spacial score (nSPS) is 9.17. The summed E-state index contributed by atoms with van der Waals surface area (Å²) in [7, 11) is 0. The molecular formula is C22H26O2. The average molecular weight is 322 g/mol. The van der Waals surface area contributed by atoms with Crippen LogP contribution in [0, 0.1) is 27.7 Å². The van der Waals surface area contributed by atoms with E-state index in [0.29, 0.717) is 0 Å². The molecule has 2 heteroatoms. The Hall–Kier alpha value is -2.74. The molecule has 0 aromatic heterocycles. The van der Waals surface area contributed by atoms with Gasteiger partial charge in [-0.3, -0.25) is 0 Å². The number of aromatic hydroxyl groups is 2. The summed E-state index contributed by atoms with van der Waals surface area (Å²) in [5, 5.41) is 17.3. The molecule has 2 nitrogen and oxygen atoms in total. The molecule has 3 rings (SSSR count). The van der Waals surface area contributed by atoms with Crippen molar-refractivity contribution in [3.8, 4) is 11.5 Å². The molecule has 0 aliphatic heterocycles. The molecule has 0 atom stereocenters. The fraction of sp³-hybridized carbons (Fsp3) is 0.182. The maximum atomic E-state index is 8.65. The van der Waals surface area contributed by atoms with Gasteiger partial charge in [-0.15, -0.1) is 0 Å². The van der Waals surface area contributed by atoms with E-state index in [1.165, 1.54) is 40.5 Å². The standard InChI is InChI=1S/2C8H10.C6H6O2/c2*1-7-5-3-4-6-8(7)2;7-5-2-1-3-6(8)4-5/h2*3-6H,1-2H3;1-4,7-8H. The Morgan fingerprint density at radius 1 is 0.458 bits per heavy atom. The van der Waals surface area contributed by atoms with Crippen molar-refractivity contribution in [2.45, 2.75) is 27.7 Å². The van der Waals surface area contributed by atoms with Crippen LogP contribution in [0.5, 0.6) is 11.5 Å². The third-order valence-corrected chi connectivity index (χ3v) is 3.68. The number of phenols is 2. The number of benzene rings is 3. The highest BCUT2D eigenvalue weighted by Crippen LogP contribution is 2.14. The zero-order valence-electron chi connectivity index (χ0n) is 14.8. The molecule has 24 heavy (non-hydrogen) atoms. The Morgan fingerprint density at radius 3 is 0.917 bits per heavy atom. The van der Waals surface area contributed by atoms with Gasteiger partial charge in [-0.1, -0.05) is 54.6 Å². The first-order chi connectivity index (χ1) is 11.4. The van der Waals surface area contributed by atoms with Gasteiger partial charge in [0, 0.05) is 6.07 Å². The summed E-state index contributed by atoms with van der Waals surface area (Å²) in [5.74, 6) is 0.176. The minimum Gasteiger partial charge on any atom is -0.508 e. The summed E-state index contributed by atoms with van der Waals surface area (Å²) < 4.78 is 0. The lowest BCUT2D eigenvalue weighted by Gasteiger charge is -1.93. The molecule has 0 bridgehead atoms. The molecule has 2 N–H and O–H groups in total. The van der Waals surface area contributed by atoms with E-state index in [1.54, 1.807) is 6.07 Å². The van der Waals surface area contributed by atoms with Gasteiger partial charge >= 0.3 is 0 Å². The van der Waals surface area contributed by atoms with Crippen LogP contribution in [0.1, 0.15) is 22.3 Å². The van der Waals surface area contributed by atoms with E-state index in [1.807, 2.05) is 0 Å². The van der Waals surface area contributed by atoms with Gasteiger partial charge < -0.3 is 10.2 Å². The molecule has 0 amide bonds. The van der Waals surface area contributed by atoms with Gasteiger partial charge in [0.25, 0.3) is 0 Å². The van der Waals surface area contributed by atoms with Crippen molar-refractivity contribution in [1.82, 2.24) is 0 Å². The van der Waals surface area contributed by atoms with Crippen LogP contribution in [-0.4, -0.2) is 10.2 Å². The molecule has 0 aliphatic carbocycles. The first-order valence-corrected chi connectivity index (χ1v) is 7.92. The fourth-order valence-corrected chi connectivity index (χ4v) is 1.82. The van der Waals surface area contributed by atoms with Gasteiger partial charge in [0.15, 0.2) is 0 Å². The number of phenolic OH excluding ortho intramolecular Hbond substituents is 2. The summed E-state index contributed by atoms with van der Waals surface area (Å²) in [5.41, 5.74) is 5.47. The molecule has 0 heterocycles. The zero-order chi connectivity index (χ0) is 17.9. The van der Waals surface area contributed by atoms with Crippen molar-refractivity contribution >= 4 is 0 Å². The van der Waals surface area contributed by atoms with Crippen LogP contribution in [0.4, 0.5) is 0 Å². The van der Waals surface area contributed by atoms with Crippen LogP contribution < -0.4 is 0 Å². The molecule has 0 spiro atoms. The van der Waals surface area contributed by atoms with Crippen molar-refractivity contribution in [2.75, 3.05) is 0 Å². The van der Waals surface area contributed by atoms with Gasteiger partial charge in [0.1, 0.15) is 11.5 Å². The number of hydrogen-bond acceptors (Lipinski definition) is 2. The van der Waals surface area contributed by atoms with Gasteiger partial charge in [0.2, 0.25) is 0 Å². The zero-order valence-corrected chi connectivity index (χ0v) is 14.8. The largest absolute Gasteiger partial charge is 0.508 e. The molecule has 0 saturated heterocycles. The van der Waals surface area contributed by atoms with E-state index < -0.39 is 0 Å². The Kier molecular flexibility index (Phi) is 8.14. The molecule has 0 unspecified atom stereocenters. The van der Waals surface area contributed by atoms with Crippen molar-refractivity contribution in [1.29, 1.82) is 0 Å². The lowest BCUT2D eigenvalue weighted by Crippen LogP contribution is -1.74. The van der Waals surface area contributed by atoms with E-state index >= 15 is 0 Å². The molecule has 0 fully saturated rings. The van der Waals surface area contributed by atoms with Crippen LogP contribution in [-0.2, 0) is 0 Å². The van der Waals surface area contributed by atoms with E-state index in [-0.39, 0.29) is 11.5 Å². The summed E-state index contributed by atoms with van der Waals surface area (Å²) in [6.07, 6.45) is 0. The van der Waals surface area contributed by atoms with E-state index in [9.17, 15) is 0 Å². The number of hydrogen-bond donors (Lipinski definition) is 2. The van der Waals surface area contributed by atoms with Crippen molar-refractivity contribution in [2.24, 2.45) is 0 Å². The van der Waals surface area contributed by atoms with Gasteiger partial charge in [-0.25, -0.2) is 0 Å². The van der Waals surface area contributed by atoms with Crippen molar-refractivity contribution in [3.63, 3.8) is 0 Å². The minimum absolute atomic E-state index is 0.0880. The Morgan fingerprint density at radius 2 is 0.750 bits per heavy atom. The second kappa shape index (κ2) is 10.1. The van der Waals surface area contributed by atoms with Crippen LogP contribution in [0.25, 0.3) is 0 Å². The highest BCUT2D eigenvalue weighted by atomic mass is 16.3. The molecule has 3 aromatic rings. The highest BCUT2D eigenvalue weighted by Gasteiger charge is 1.86. The highest BCUT2D eigenvalue weighted by molar-refractivity contribution is 5.30. The first kappa shape index (κ1) is 19.3. The van der Waals surface area contributed by atoms with Crippen LogP contribution in [0.15, 0.2) is 72.8 Å². The Balaban J connectivity index is 0.000000180. The lowest BCUT2D eigenvalue weighted by molar-refractivity contribution is 0.450. The summed E-state index contributed by atoms with van der Waals surface area (Å²) >= 11 is 0. The fourth-order valence-electron chi connectivity index (χ4n) is 1.82. The maximum absolute atomic E-state index is 8.65.